The molecule has 0 spiro atoms. The lowest BCUT2D eigenvalue weighted by Crippen LogP contribution is -2.25. The van der Waals surface area contributed by atoms with Crippen LogP contribution in [-0.4, -0.2) is 37.0 Å². The molecule has 1 aliphatic rings. The summed E-state index contributed by atoms with van der Waals surface area (Å²) in [6.07, 6.45) is 4.28. The summed E-state index contributed by atoms with van der Waals surface area (Å²) >= 11 is 0. The summed E-state index contributed by atoms with van der Waals surface area (Å²) in [5.74, 6) is 0.815. The second kappa shape index (κ2) is 5.97. The van der Waals surface area contributed by atoms with Crippen LogP contribution < -0.4 is 0 Å². The third-order valence-electron chi connectivity index (χ3n) is 2.29. The fourth-order valence-corrected chi connectivity index (χ4v) is 1.58. The first-order valence-corrected chi connectivity index (χ1v) is 5.24. The molecule has 1 N–H and O–H groups in total. The summed E-state index contributed by atoms with van der Waals surface area (Å²) in [5.41, 5.74) is 0. The van der Waals surface area contributed by atoms with Crippen molar-refractivity contribution in [1.82, 2.24) is 4.90 Å². The zero-order valence-electron chi connectivity index (χ0n) is 8.51. The molecule has 76 valence electrons. The first-order chi connectivity index (χ1) is 6.34. The van der Waals surface area contributed by atoms with Crippen molar-refractivity contribution in [3.05, 3.63) is 0 Å². The van der Waals surface area contributed by atoms with Gasteiger partial charge in [-0.25, -0.2) is 0 Å². The van der Waals surface area contributed by atoms with Crippen molar-refractivity contribution < 1.29 is 4.74 Å². The van der Waals surface area contributed by atoms with E-state index in [2.05, 4.69) is 11.8 Å². The van der Waals surface area contributed by atoms with Crippen molar-refractivity contribution in [2.75, 3.05) is 26.3 Å². The average molecular weight is 184 g/mol. The minimum absolute atomic E-state index is 0.815. The van der Waals surface area contributed by atoms with E-state index in [1.807, 2.05) is 0 Å². The Labute approximate surface area is 80.6 Å². The molecule has 1 aliphatic heterocycles. The molecule has 1 heterocycles. The average Bonchev–Trinajstić information content (AvgIpc) is 2.52. The molecule has 0 bridgehead atoms. The largest absolute Gasteiger partial charge is 0.381 e. The Kier molecular flexibility index (Phi) is 4.83. The highest BCUT2D eigenvalue weighted by Crippen LogP contribution is 2.09. The molecule has 0 aromatic heterocycles. The molecule has 0 saturated carbocycles. The van der Waals surface area contributed by atoms with Crippen LogP contribution in [0.4, 0.5) is 0 Å². The normalized spacial score (nSPS) is 17.0. The summed E-state index contributed by atoms with van der Waals surface area (Å²) < 4.78 is 5.38. The minimum Gasteiger partial charge on any atom is -0.381 e. The van der Waals surface area contributed by atoms with Gasteiger partial charge in [0.15, 0.2) is 0 Å². The van der Waals surface area contributed by atoms with Crippen LogP contribution in [0.3, 0.4) is 0 Å². The van der Waals surface area contributed by atoms with Gasteiger partial charge in [0.1, 0.15) is 0 Å². The van der Waals surface area contributed by atoms with Crippen molar-refractivity contribution in [3.8, 4) is 0 Å². The number of likely N-dealkylation sites (tertiary alicyclic amines) is 1. The van der Waals surface area contributed by atoms with E-state index in [0.717, 1.165) is 57.8 Å². The van der Waals surface area contributed by atoms with Crippen LogP contribution in [-0.2, 0) is 4.74 Å². The van der Waals surface area contributed by atoms with Crippen molar-refractivity contribution in [3.63, 3.8) is 0 Å². The molecule has 0 amide bonds. The van der Waals surface area contributed by atoms with Crippen LogP contribution in [0.2, 0.25) is 0 Å². The van der Waals surface area contributed by atoms with Gasteiger partial charge in [-0.2, -0.15) is 0 Å². The first kappa shape index (κ1) is 10.5. The maximum Gasteiger partial charge on any atom is 0.0958 e. The first-order valence-electron chi connectivity index (χ1n) is 5.24. The van der Waals surface area contributed by atoms with Crippen molar-refractivity contribution in [1.29, 1.82) is 5.41 Å². The molecule has 1 rings (SSSR count). The van der Waals surface area contributed by atoms with Crippen molar-refractivity contribution in [2.24, 2.45) is 0 Å². The number of rotatable bonds is 6. The molecule has 0 aliphatic carbocycles. The molecule has 0 unspecified atom stereocenters. The van der Waals surface area contributed by atoms with Gasteiger partial charge in [-0.3, -0.25) is 5.41 Å². The van der Waals surface area contributed by atoms with E-state index in [0.29, 0.717) is 0 Å². The minimum atomic E-state index is 0.815. The lowest BCUT2D eigenvalue weighted by molar-refractivity contribution is 0.128. The highest BCUT2D eigenvalue weighted by Gasteiger charge is 2.15. The van der Waals surface area contributed by atoms with E-state index in [1.165, 1.54) is 0 Å². The van der Waals surface area contributed by atoms with Gasteiger partial charge in [0.05, 0.1) is 5.84 Å². The Morgan fingerprint density at radius 3 is 2.92 bits per heavy atom. The van der Waals surface area contributed by atoms with Gasteiger partial charge in [-0.05, 0) is 19.3 Å². The third-order valence-corrected chi connectivity index (χ3v) is 2.29. The lowest BCUT2D eigenvalue weighted by Gasteiger charge is -2.17. The standard InChI is InChI=1S/C10H20N2O/c1-2-8-13-9-4-7-12-6-3-5-10(12)11/h11H,2-9H2,1H3. The molecular formula is C10H20N2O. The predicted octanol–water partition coefficient (Wildman–Crippen LogP) is 1.88. The fraction of sp³-hybridized carbons (Fsp3) is 0.900. The molecule has 1 saturated heterocycles. The second-order valence-corrected chi connectivity index (χ2v) is 3.50. The van der Waals surface area contributed by atoms with Crippen LogP contribution in [0.15, 0.2) is 0 Å². The zero-order valence-corrected chi connectivity index (χ0v) is 8.51. The lowest BCUT2D eigenvalue weighted by atomic mass is 10.4. The van der Waals surface area contributed by atoms with Gasteiger partial charge in [0, 0.05) is 32.7 Å². The van der Waals surface area contributed by atoms with Crippen LogP contribution in [0.5, 0.6) is 0 Å². The van der Waals surface area contributed by atoms with Gasteiger partial charge in [-0.1, -0.05) is 6.92 Å². The van der Waals surface area contributed by atoms with Crippen LogP contribution in [0.25, 0.3) is 0 Å². The molecule has 3 nitrogen and oxygen atoms in total. The summed E-state index contributed by atoms with van der Waals surface area (Å²) in [6, 6.07) is 0. The van der Waals surface area contributed by atoms with Crippen molar-refractivity contribution in [2.45, 2.75) is 32.6 Å². The Morgan fingerprint density at radius 1 is 1.46 bits per heavy atom. The molecular weight excluding hydrogens is 164 g/mol. The summed E-state index contributed by atoms with van der Waals surface area (Å²) in [5, 5.41) is 7.61. The Morgan fingerprint density at radius 2 is 2.31 bits per heavy atom. The smallest absolute Gasteiger partial charge is 0.0958 e. The number of amidine groups is 1. The van der Waals surface area contributed by atoms with E-state index >= 15 is 0 Å². The van der Waals surface area contributed by atoms with Gasteiger partial charge < -0.3 is 9.64 Å². The van der Waals surface area contributed by atoms with E-state index in [-0.39, 0.29) is 0 Å². The van der Waals surface area contributed by atoms with Gasteiger partial charge in [0.2, 0.25) is 0 Å². The molecule has 0 radical (unpaired) electrons. The molecule has 3 heteroatoms. The highest BCUT2D eigenvalue weighted by atomic mass is 16.5. The monoisotopic (exact) mass is 184 g/mol. The molecule has 13 heavy (non-hydrogen) atoms. The van der Waals surface area contributed by atoms with E-state index < -0.39 is 0 Å². The van der Waals surface area contributed by atoms with Crippen LogP contribution in [0, 0.1) is 5.41 Å². The maximum absolute atomic E-state index is 7.61. The Bertz CT molecular complexity index is 159. The maximum atomic E-state index is 7.61. The van der Waals surface area contributed by atoms with Crippen LogP contribution in [0.1, 0.15) is 32.6 Å². The SMILES string of the molecule is CCCOCCCN1CCCC1=N. The van der Waals surface area contributed by atoms with Gasteiger partial charge in [-0.15, -0.1) is 0 Å². The van der Waals surface area contributed by atoms with Gasteiger partial charge in [0.25, 0.3) is 0 Å². The second-order valence-electron chi connectivity index (χ2n) is 3.50. The molecule has 1 fully saturated rings. The molecule has 0 aromatic rings. The molecule has 0 atom stereocenters. The van der Waals surface area contributed by atoms with Crippen LogP contribution >= 0.6 is 0 Å². The number of nitrogens with one attached hydrogen (secondary N) is 1. The predicted molar refractivity (Wildman–Crippen MR) is 54.3 cm³/mol. The summed E-state index contributed by atoms with van der Waals surface area (Å²) in [4.78, 5) is 2.16. The van der Waals surface area contributed by atoms with E-state index in [4.69, 9.17) is 10.1 Å². The zero-order chi connectivity index (χ0) is 9.52. The molecule has 0 aromatic carbocycles. The topological polar surface area (TPSA) is 36.3 Å². The van der Waals surface area contributed by atoms with Gasteiger partial charge >= 0.3 is 0 Å². The number of nitrogens with zero attached hydrogens (tertiary/aromatic N) is 1. The highest BCUT2D eigenvalue weighted by molar-refractivity contribution is 5.80. The van der Waals surface area contributed by atoms with E-state index in [9.17, 15) is 0 Å². The van der Waals surface area contributed by atoms with Crippen molar-refractivity contribution >= 4 is 5.84 Å². The number of ether oxygens (including phenoxy) is 1. The summed E-state index contributed by atoms with van der Waals surface area (Å²) in [6.45, 7) is 5.92. The Balaban J connectivity index is 1.96. The number of hydrogen-bond donors (Lipinski definition) is 1. The quantitative estimate of drug-likeness (QED) is 0.640. The third kappa shape index (κ3) is 3.77. The fourth-order valence-electron chi connectivity index (χ4n) is 1.58. The summed E-state index contributed by atoms with van der Waals surface area (Å²) in [7, 11) is 0. The Hall–Kier alpha value is -0.570. The van der Waals surface area contributed by atoms with E-state index in [1.54, 1.807) is 0 Å². The number of hydrogen-bond acceptors (Lipinski definition) is 2.